The molecule has 0 spiro atoms. The first-order valence-corrected chi connectivity index (χ1v) is 6.97. The van der Waals surface area contributed by atoms with Gasteiger partial charge in [-0.15, -0.1) is 0 Å². The molecule has 1 atom stereocenters. The van der Waals surface area contributed by atoms with Crippen molar-refractivity contribution in [2.45, 2.75) is 58.0 Å². The maximum atomic E-state index is 5.77. The van der Waals surface area contributed by atoms with Crippen molar-refractivity contribution < 1.29 is 4.74 Å². The molecule has 1 saturated heterocycles. The van der Waals surface area contributed by atoms with Gasteiger partial charge < -0.3 is 4.74 Å². The monoisotopic (exact) mass is 232 g/mol. The summed E-state index contributed by atoms with van der Waals surface area (Å²) in [6.45, 7) is 4.45. The Labute approximate surface area is 97.0 Å². The minimum Gasteiger partial charge on any atom is -0.471 e. The molecule has 0 aromatic carbocycles. The van der Waals surface area contributed by atoms with Crippen molar-refractivity contribution in [1.82, 2.24) is 0 Å². The molecule has 0 amide bonds. The molecule has 0 aliphatic carbocycles. The lowest BCUT2D eigenvalue weighted by Gasteiger charge is -2.25. The van der Waals surface area contributed by atoms with Crippen LogP contribution >= 0.6 is 24.0 Å². The van der Waals surface area contributed by atoms with Gasteiger partial charge in [0.15, 0.2) is 0 Å². The molecule has 1 fully saturated rings. The smallest absolute Gasteiger partial charge is 0.220 e. The first kappa shape index (κ1) is 12.3. The Morgan fingerprint density at radius 3 is 2.64 bits per heavy atom. The van der Waals surface area contributed by atoms with Crippen LogP contribution in [-0.2, 0) is 4.74 Å². The van der Waals surface area contributed by atoms with Crippen molar-refractivity contribution in [1.29, 1.82) is 0 Å². The van der Waals surface area contributed by atoms with Crippen LogP contribution in [0, 0.1) is 0 Å². The van der Waals surface area contributed by atoms with E-state index in [-0.39, 0.29) is 5.60 Å². The summed E-state index contributed by atoms with van der Waals surface area (Å²) in [6, 6.07) is 0. The van der Waals surface area contributed by atoms with Crippen LogP contribution in [0.3, 0.4) is 0 Å². The largest absolute Gasteiger partial charge is 0.471 e. The Balaban J connectivity index is 2.28. The van der Waals surface area contributed by atoms with Gasteiger partial charge in [0.25, 0.3) is 0 Å². The fourth-order valence-corrected chi connectivity index (χ4v) is 3.15. The summed E-state index contributed by atoms with van der Waals surface area (Å²) in [7, 11) is 0. The summed E-state index contributed by atoms with van der Waals surface area (Å²) < 4.78 is 6.52. The van der Waals surface area contributed by atoms with Gasteiger partial charge in [0, 0.05) is 5.75 Å². The molecule has 0 aromatic heterocycles. The topological polar surface area (TPSA) is 9.23 Å². The molecule has 1 rings (SSSR count). The molecule has 1 nitrogen and oxygen atoms in total. The zero-order valence-corrected chi connectivity index (χ0v) is 10.8. The Hall–Kier alpha value is 0.240. The van der Waals surface area contributed by atoms with Gasteiger partial charge in [-0.05, 0) is 31.5 Å². The summed E-state index contributed by atoms with van der Waals surface area (Å²) in [4.78, 5) is 0. The number of ether oxygens (including phenoxy) is 1. The second kappa shape index (κ2) is 5.96. The molecule has 0 saturated carbocycles. The van der Waals surface area contributed by atoms with Crippen molar-refractivity contribution in [2.24, 2.45) is 0 Å². The quantitative estimate of drug-likeness (QED) is 0.503. The average molecular weight is 232 g/mol. The Kier molecular flexibility index (Phi) is 5.24. The third-order valence-electron chi connectivity index (χ3n) is 2.88. The van der Waals surface area contributed by atoms with E-state index in [0.29, 0.717) is 0 Å². The molecule has 1 aliphatic heterocycles. The summed E-state index contributed by atoms with van der Waals surface area (Å²) in [6.07, 6.45) is 7.53. The van der Waals surface area contributed by atoms with E-state index in [1.165, 1.54) is 32.1 Å². The predicted octanol–water partition coefficient (Wildman–Crippen LogP) is 4.15. The Morgan fingerprint density at radius 1 is 1.36 bits per heavy atom. The van der Waals surface area contributed by atoms with Crippen molar-refractivity contribution in [3.05, 3.63) is 0 Å². The van der Waals surface area contributed by atoms with E-state index in [1.807, 2.05) is 0 Å². The van der Waals surface area contributed by atoms with Crippen molar-refractivity contribution in [3.63, 3.8) is 0 Å². The third kappa shape index (κ3) is 3.43. The lowest BCUT2D eigenvalue weighted by Crippen LogP contribution is -2.30. The minimum atomic E-state index is 0.0789. The third-order valence-corrected chi connectivity index (χ3v) is 4.31. The number of thioether (sulfide) groups is 1. The lowest BCUT2D eigenvalue weighted by atomic mass is 9.95. The lowest BCUT2D eigenvalue weighted by molar-refractivity contribution is 0.0809. The van der Waals surface area contributed by atoms with Crippen molar-refractivity contribution in [3.8, 4) is 0 Å². The molecule has 1 aliphatic rings. The zero-order valence-electron chi connectivity index (χ0n) is 9.17. The molecule has 0 bridgehead atoms. The zero-order chi connectivity index (χ0) is 10.4. The van der Waals surface area contributed by atoms with Crippen LogP contribution in [0.15, 0.2) is 0 Å². The normalized spacial score (nSPS) is 26.6. The summed E-state index contributed by atoms with van der Waals surface area (Å²) >= 11 is 6.78. The molecule has 1 heterocycles. The SMILES string of the molecule is CCCCCCC1(CC)CSC(=S)O1. The van der Waals surface area contributed by atoms with E-state index in [9.17, 15) is 0 Å². The molecule has 82 valence electrons. The number of rotatable bonds is 6. The number of unbranched alkanes of at least 4 members (excludes halogenated alkanes) is 3. The second-order valence-electron chi connectivity index (χ2n) is 3.99. The molecule has 1 unspecified atom stereocenters. The average Bonchev–Trinajstić information content (AvgIpc) is 2.56. The van der Waals surface area contributed by atoms with E-state index >= 15 is 0 Å². The maximum Gasteiger partial charge on any atom is 0.220 e. The summed E-state index contributed by atoms with van der Waals surface area (Å²) in [5.74, 6) is 1.06. The van der Waals surface area contributed by atoms with Gasteiger partial charge in [-0.1, -0.05) is 44.9 Å². The number of hydrogen-bond acceptors (Lipinski definition) is 3. The number of thiocarbonyl (C=S) groups is 1. The molecule has 14 heavy (non-hydrogen) atoms. The fraction of sp³-hybridized carbons (Fsp3) is 0.909. The van der Waals surface area contributed by atoms with Crippen LogP contribution < -0.4 is 0 Å². The van der Waals surface area contributed by atoms with Gasteiger partial charge >= 0.3 is 0 Å². The van der Waals surface area contributed by atoms with Gasteiger partial charge in [0.1, 0.15) is 5.60 Å². The van der Waals surface area contributed by atoms with Crippen LogP contribution in [0.4, 0.5) is 0 Å². The van der Waals surface area contributed by atoms with E-state index < -0.39 is 0 Å². The first-order valence-electron chi connectivity index (χ1n) is 5.58. The van der Waals surface area contributed by atoms with E-state index in [0.717, 1.165) is 16.6 Å². The molecule has 0 N–H and O–H groups in total. The van der Waals surface area contributed by atoms with Crippen LogP contribution in [0.25, 0.3) is 0 Å². The van der Waals surface area contributed by atoms with Gasteiger partial charge in [0.2, 0.25) is 4.38 Å². The summed E-state index contributed by atoms with van der Waals surface area (Å²) in [5, 5.41) is 0. The van der Waals surface area contributed by atoms with Crippen molar-refractivity contribution in [2.75, 3.05) is 5.75 Å². The van der Waals surface area contributed by atoms with Gasteiger partial charge in [-0.2, -0.15) is 0 Å². The van der Waals surface area contributed by atoms with Crippen LogP contribution in [0.2, 0.25) is 0 Å². The highest BCUT2D eigenvalue weighted by atomic mass is 32.2. The minimum absolute atomic E-state index is 0.0789. The highest BCUT2D eigenvalue weighted by molar-refractivity contribution is 8.22. The second-order valence-corrected chi connectivity index (χ2v) is 5.57. The molecule has 0 aromatic rings. The molecule has 3 heteroatoms. The molecule has 0 radical (unpaired) electrons. The van der Waals surface area contributed by atoms with E-state index in [2.05, 4.69) is 13.8 Å². The predicted molar refractivity (Wildman–Crippen MR) is 67.9 cm³/mol. The summed E-state index contributed by atoms with van der Waals surface area (Å²) in [5.41, 5.74) is 0.0789. The van der Waals surface area contributed by atoms with Crippen LogP contribution in [0.5, 0.6) is 0 Å². The highest BCUT2D eigenvalue weighted by Gasteiger charge is 2.36. The Bertz CT molecular complexity index is 194. The van der Waals surface area contributed by atoms with Gasteiger partial charge in [-0.25, -0.2) is 0 Å². The van der Waals surface area contributed by atoms with E-state index in [4.69, 9.17) is 17.0 Å². The van der Waals surface area contributed by atoms with Gasteiger partial charge in [0.05, 0.1) is 0 Å². The van der Waals surface area contributed by atoms with Crippen LogP contribution in [0.1, 0.15) is 52.4 Å². The first-order chi connectivity index (χ1) is 6.72. The highest BCUT2D eigenvalue weighted by Crippen LogP contribution is 2.36. The molecular weight excluding hydrogens is 212 g/mol. The van der Waals surface area contributed by atoms with Crippen molar-refractivity contribution >= 4 is 28.4 Å². The number of hydrogen-bond donors (Lipinski definition) is 0. The Morgan fingerprint density at radius 2 is 2.14 bits per heavy atom. The van der Waals surface area contributed by atoms with Gasteiger partial charge in [-0.3, -0.25) is 0 Å². The van der Waals surface area contributed by atoms with E-state index in [1.54, 1.807) is 11.8 Å². The standard InChI is InChI=1S/C11H20OS2/c1-3-5-6-7-8-11(4-2)9-14-10(13)12-11/h3-9H2,1-2H3. The fourth-order valence-electron chi connectivity index (χ4n) is 1.77. The van der Waals surface area contributed by atoms with Crippen LogP contribution in [-0.4, -0.2) is 15.7 Å². The molecular formula is C11H20OS2. The maximum absolute atomic E-state index is 5.77.